The van der Waals surface area contributed by atoms with Gasteiger partial charge in [0.05, 0.1) is 18.5 Å². The van der Waals surface area contributed by atoms with Gasteiger partial charge >= 0.3 is 5.69 Å². The van der Waals surface area contributed by atoms with Crippen molar-refractivity contribution in [3.8, 4) is 0 Å². The summed E-state index contributed by atoms with van der Waals surface area (Å²) in [5.74, 6) is -0.142. The van der Waals surface area contributed by atoms with Gasteiger partial charge in [-0.25, -0.2) is 9.78 Å². The number of imidazole rings is 1. The number of benzene rings is 2. The van der Waals surface area contributed by atoms with Crippen molar-refractivity contribution in [1.29, 1.82) is 0 Å². The number of aromatic nitrogens is 3. The first-order chi connectivity index (χ1) is 14.6. The monoisotopic (exact) mass is 420 g/mol. The van der Waals surface area contributed by atoms with Crippen LogP contribution in [0.1, 0.15) is 11.1 Å². The number of fused-ring (bicyclic) bond motifs is 1. The second-order valence-corrected chi connectivity index (χ2v) is 7.38. The van der Waals surface area contributed by atoms with Crippen LogP contribution in [0, 0.1) is 0 Å². The fourth-order valence-corrected chi connectivity index (χ4v) is 3.65. The Kier molecular flexibility index (Phi) is 5.95. The van der Waals surface area contributed by atoms with E-state index in [2.05, 4.69) is 10.3 Å². The van der Waals surface area contributed by atoms with Crippen LogP contribution in [0.25, 0.3) is 11.2 Å². The molecule has 2 heterocycles. The molecule has 0 spiro atoms. The first-order valence-corrected chi connectivity index (χ1v) is 10.1. The van der Waals surface area contributed by atoms with Crippen LogP contribution in [0.15, 0.2) is 77.7 Å². The predicted molar refractivity (Wildman–Crippen MR) is 118 cm³/mol. The highest BCUT2D eigenvalue weighted by atomic mass is 35.5. The van der Waals surface area contributed by atoms with Crippen LogP contribution < -0.4 is 11.0 Å². The van der Waals surface area contributed by atoms with Gasteiger partial charge in [-0.1, -0.05) is 60.1 Å². The minimum Gasteiger partial charge on any atom is -0.354 e. The van der Waals surface area contributed by atoms with Crippen molar-refractivity contribution in [3.05, 3.63) is 99.6 Å². The molecule has 30 heavy (non-hydrogen) atoms. The van der Waals surface area contributed by atoms with Crippen molar-refractivity contribution in [2.24, 2.45) is 0 Å². The van der Waals surface area contributed by atoms with Gasteiger partial charge in [-0.05, 0) is 29.3 Å². The van der Waals surface area contributed by atoms with Crippen LogP contribution in [0.4, 0.5) is 0 Å². The van der Waals surface area contributed by atoms with Crippen LogP contribution in [-0.4, -0.2) is 26.6 Å². The number of nitrogens with zero attached hydrogens (tertiary/aromatic N) is 3. The molecule has 152 valence electrons. The lowest BCUT2D eigenvalue weighted by Crippen LogP contribution is -2.32. The number of carbonyl (C=O) groups excluding carboxylic acids is 1. The summed E-state index contributed by atoms with van der Waals surface area (Å²) in [5, 5.41) is 3.43. The fourth-order valence-electron chi connectivity index (χ4n) is 3.45. The number of pyridine rings is 1. The maximum atomic E-state index is 13.1. The van der Waals surface area contributed by atoms with Crippen molar-refractivity contribution in [2.45, 2.75) is 19.5 Å². The zero-order chi connectivity index (χ0) is 20.9. The van der Waals surface area contributed by atoms with Gasteiger partial charge in [0.25, 0.3) is 0 Å². The molecule has 2 aromatic heterocycles. The van der Waals surface area contributed by atoms with Crippen LogP contribution in [0.3, 0.4) is 0 Å². The minimum absolute atomic E-state index is 0.142. The van der Waals surface area contributed by atoms with Gasteiger partial charge in [0, 0.05) is 24.3 Å². The molecule has 0 aliphatic rings. The molecule has 0 radical (unpaired) electrons. The Morgan fingerprint density at radius 1 is 0.967 bits per heavy atom. The Hall–Kier alpha value is -3.38. The largest absolute Gasteiger partial charge is 0.354 e. The number of amides is 1. The Morgan fingerprint density at radius 2 is 1.73 bits per heavy atom. The Morgan fingerprint density at radius 3 is 2.53 bits per heavy atom. The zero-order valence-corrected chi connectivity index (χ0v) is 17.0. The summed E-state index contributed by atoms with van der Waals surface area (Å²) < 4.78 is 3.32. The predicted octanol–water partition coefficient (Wildman–Crippen LogP) is 3.26. The molecule has 0 saturated heterocycles. The van der Waals surface area contributed by atoms with Gasteiger partial charge in [0.1, 0.15) is 0 Å². The molecule has 0 unspecified atom stereocenters. The topological polar surface area (TPSA) is 68.9 Å². The second kappa shape index (κ2) is 8.97. The van der Waals surface area contributed by atoms with E-state index in [4.69, 9.17) is 11.6 Å². The molecule has 0 saturated carbocycles. The number of nitrogens with one attached hydrogen (secondary N) is 1. The molecule has 6 nitrogen and oxygen atoms in total. The van der Waals surface area contributed by atoms with Gasteiger partial charge in [0.2, 0.25) is 5.91 Å². The molecule has 0 bridgehead atoms. The lowest BCUT2D eigenvalue weighted by Gasteiger charge is -2.07. The molecule has 1 N–H and O–H groups in total. The van der Waals surface area contributed by atoms with Gasteiger partial charge in [-0.2, -0.15) is 0 Å². The summed E-state index contributed by atoms with van der Waals surface area (Å²) in [6.45, 7) is 1.13. The average molecular weight is 421 g/mol. The molecule has 7 heteroatoms. The van der Waals surface area contributed by atoms with E-state index in [-0.39, 0.29) is 18.0 Å². The molecule has 4 rings (SSSR count). The fraction of sp³-hybridized carbons (Fsp3) is 0.174. The van der Waals surface area contributed by atoms with E-state index in [1.807, 2.05) is 60.7 Å². The van der Waals surface area contributed by atoms with Crippen molar-refractivity contribution < 1.29 is 4.79 Å². The third-order valence-electron chi connectivity index (χ3n) is 4.92. The lowest BCUT2D eigenvalue weighted by molar-refractivity contribution is -0.120. The lowest BCUT2D eigenvalue weighted by atomic mass is 10.1. The first kappa shape index (κ1) is 19.9. The average Bonchev–Trinajstić information content (AvgIpc) is 3.02. The number of carbonyl (C=O) groups is 1. The smallest absolute Gasteiger partial charge is 0.330 e. The molecular formula is C23H21ClN4O2. The van der Waals surface area contributed by atoms with Crippen LogP contribution in [0.5, 0.6) is 0 Å². The number of rotatable bonds is 7. The summed E-state index contributed by atoms with van der Waals surface area (Å²) in [6.07, 6.45) is 1.86. The maximum absolute atomic E-state index is 13.1. The molecule has 4 aromatic rings. The molecule has 1 amide bonds. The molecule has 0 fully saturated rings. The number of halogens is 1. The van der Waals surface area contributed by atoms with Crippen molar-refractivity contribution in [3.63, 3.8) is 0 Å². The summed E-state index contributed by atoms with van der Waals surface area (Å²) in [5.41, 5.74) is 3.05. The molecular weight excluding hydrogens is 400 g/mol. The highest BCUT2D eigenvalue weighted by Crippen LogP contribution is 2.15. The first-order valence-electron chi connectivity index (χ1n) is 9.71. The third kappa shape index (κ3) is 4.28. The second-order valence-electron chi connectivity index (χ2n) is 6.97. The highest BCUT2D eigenvalue weighted by molar-refractivity contribution is 6.31. The van der Waals surface area contributed by atoms with E-state index in [0.29, 0.717) is 30.3 Å². The van der Waals surface area contributed by atoms with Crippen molar-refractivity contribution in [2.75, 3.05) is 6.54 Å². The van der Waals surface area contributed by atoms with Gasteiger partial charge in [-0.15, -0.1) is 0 Å². The summed E-state index contributed by atoms with van der Waals surface area (Å²) in [7, 11) is 0. The maximum Gasteiger partial charge on any atom is 0.330 e. The van der Waals surface area contributed by atoms with Crippen LogP contribution in [0.2, 0.25) is 5.02 Å². The van der Waals surface area contributed by atoms with E-state index in [0.717, 1.165) is 16.6 Å². The minimum atomic E-state index is -0.145. The number of hydrogen-bond acceptors (Lipinski definition) is 3. The quantitative estimate of drug-likeness (QED) is 0.499. The molecule has 0 atom stereocenters. The van der Waals surface area contributed by atoms with Crippen LogP contribution in [-0.2, 0) is 24.3 Å². The van der Waals surface area contributed by atoms with Gasteiger partial charge in [-0.3, -0.25) is 13.9 Å². The van der Waals surface area contributed by atoms with E-state index in [1.165, 1.54) is 0 Å². The van der Waals surface area contributed by atoms with E-state index in [9.17, 15) is 9.59 Å². The summed E-state index contributed by atoms with van der Waals surface area (Å²) >= 11 is 6.12. The van der Waals surface area contributed by atoms with Crippen molar-refractivity contribution in [1.82, 2.24) is 19.4 Å². The van der Waals surface area contributed by atoms with Gasteiger partial charge < -0.3 is 5.32 Å². The zero-order valence-electron chi connectivity index (χ0n) is 16.3. The van der Waals surface area contributed by atoms with E-state index < -0.39 is 0 Å². The van der Waals surface area contributed by atoms with Crippen LogP contribution >= 0.6 is 11.6 Å². The third-order valence-corrected chi connectivity index (χ3v) is 5.29. The number of hydrogen-bond donors (Lipinski definition) is 1. The SMILES string of the molecule is O=C(Cc1ccccc1Cl)NCCn1c(=O)n(Cc2ccccc2)c2cccnc21. The van der Waals surface area contributed by atoms with E-state index in [1.54, 1.807) is 21.4 Å². The Labute approximate surface area is 178 Å². The molecule has 0 aliphatic heterocycles. The van der Waals surface area contributed by atoms with Gasteiger partial charge in [0.15, 0.2) is 5.65 Å². The highest BCUT2D eigenvalue weighted by Gasteiger charge is 2.14. The molecule has 0 aliphatic carbocycles. The Balaban J connectivity index is 1.49. The Bertz CT molecular complexity index is 1230. The normalized spacial score (nSPS) is 11.0. The summed E-state index contributed by atoms with van der Waals surface area (Å²) in [4.78, 5) is 29.7. The standard InChI is InChI=1S/C23H21ClN4O2/c24-19-10-5-4-9-18(19)15-21(29)25-13-14-27-22-20(11-6-12-26-22)28(23(27)30)16-17-7-2-1-3-8-17/h1-12H,13-16H2,(H,25,29). The van der Waals surface area contributed by atoms with Crippen molar-refractivity contribution >= 4 is 28.7 Å². The molecule has 2 aromatic carbocycles. The van der Waals surface area contributed by atoms with E-state index >= 15 is 0 Å². The summed E-state index contributed by atoms with van der Waals surface area (Å²) in [6, 6.07) is 20.8.